The summed E-state index contributed by atoms with van der Waals surface area (Å²) < 4.78 is 10.9. The highest BCUT2D eigenvalue weighted by molar-refractivity contribution is 6.07. The van der Waals surface area contributed by atoms with Crippen LogP contribution in [0.5, 0.6) is 11.5 Å². The highest BCUT2D eigenvalue weighted by Gasteiger charge is 2.19. The second kappa shape index (κ2) is 8.52. The monoisotopic (exact) mass is 390 g/mol. The summed E-state index contributed by atoms with van der Waals surface area (Å²) in [5.74, 6) is 1.47. The lowest BCUT2D eigenvalue weighted by atomic mass is 10.0. The third-order valence-electron chi connectivity index (χ3n) is 5.31. The lowest BCUT2D eigenvalue weighted by molar-refractivity contribution is 0.0794. The number of fused-ring (bicyclic) bond motifs is 2. The number of pyridine rings is 1. The Bertz CT molecular complexity index is 1030. The van der Waals surface area contributed by atoms with Crippen LogP contribution in [0.15, 0.2) is 48.5 Å². The zero-order valence-electron chi connectivity index (χ0n) is 17.0. The quantitative estimate of drug-likeness (QED) is 0.515. The fraction of sp³-hybridized carbons (Fsp3) is 0.333. The number of nitrogens with zero attached hydrogens (tertiary/aromatic N) is 2. The second-order valence-corrected chi connectivity index (χ2v) is 7.43. The van der Waals surface area contributed by atoms with Crippen molar-refractivity contribution in [3.8, 4) is 22.8 Å². The molecule has 5 heteroatoms. The van der Waals surface area contributed by atoms with E-state index in [1.165, 1.54) is 12.8 Å². The Morgan fingerprint density at radius 1 is 1.03 bits per heavy atom. The van der Waals surface area contributed by atoms with Crippen molar-refractivity contribution in [2.75, 3.05) is 20.4 Å². The third kappa shape index (κ3) is 4.04. The summed E-state index contributed by atoms with van der Waals surface area (Å²) in [6, 6.07) is 15.5. The topological polar surface area (TPSA) is 51.7 Å². The summed E-state index contributed by atoms with van der Waals surface area (Å²) in [4.78, 5) is 19.9. The van der Waals surface area contributed by atoms with Crippen LogP contribution >= 0.6 is 0 Å². The van der Waals surface area contributed by atoms with Gasteiger partial charge in [0, 0.05) is 24.5 Å². The van der Waals surface area contributed by atoms with Gasteiger partial charge in [0.1, 0.15) is 0 Å². The summed E-state index contributed by atoms with van der Waals surface area (Å²) in [7, 11) is 1.88. The van der Waals surface area contributed by atoms with Crippen molar-refractivity contribution in [2.24, 2.45) is 0 Å². The first-order valence-electron chi connectivity index (χ1n) is 10.2. The number of benzene rings is 2. The Labute approximate surface area is 171 Å². The number of carbonyl (C=O) groups is 1. The van der Waals surface area contributed by atoms with Crippen molar-refractivity contribution in [3.63, 3.8) is 0 Å². The Balaban J connectivity index is 1.68. The fourth-order valence-corrected chi connectivity index (χ4v) is 3.64. The molecule has 0 bridgehead atoms. The van der Waals surface area contributed by atoms with Crippen LogP contribution in [0, 0.1) is 0 Å². The van der Waals surface area contributed by atoms with E-state index in [0.29, 0.717) is 11.3 Å². The number of amides is 1. The second-order valence-electron chi connectivity index (χ2n) is 7.43. The molecule has 1 amide bonds. The summed E-state index contributed by atoms with van der Waals surface area (Å²) in [5.41, 5.74) is 3.15. The predicted molar refractivity (Wildman–Crippen MR) is 114 cm³/mol. The number of rotatable bonds is 7. The molecule has 1 aliphatic rings. The molecular weight excluding hydrogens is 364 g/mol. The molecular formula is C24H26N2O3. The van der Waals surface area contributed by atoms with Gasteiger partial charge in [-0.3, -0.25) is 4.79 Å². The van der Waals surface area contributed by atoms with Crippen molar-refractivity contribution < 1.29 is 14.3 Å². The van der Waals surface area contributed by atoms with E-state index in [0.717, 1.165) is 47.3 Å². The van der Waals surface area contributed by atoms with E-state index in [9.17, 15) is 4.79 Å². The summed E-state index contributed by atoms with van der Waals surface area (Å²) >= 11 is 0. The normalized spacial score (nSPS) is 12.3. The molecule has 3 aromatic rings. The number of carbonyl (C=O) groups excluding carboxylic acids is 1. The van der Waals surface area contributed by atoms with Gasteiger partial charge in [0.15, 0.2) is 11.5 Å². The number of hydrogen-bond acceptors (Lipinski definition) is 4. The van der Waals surface area contributed by atoms with Gasteiger partial charge in [-0.05, 0) is 36.8 Å². The Hall–Kier alpha value is -3.08. The van der Waals surface area contributed by atoms with E-state index >= 15 is 0 Å². The van der Waals surface area contributed by atoms with Crippen LogP contribution in [0.2, 0.25) is 0 Å². The number of aromatic nitrogens is 1. The molecule has 1 aromatic heterocycles. The molecule has 0 unspecified atom stereocenters. The molecule has 29 heavy (non-hydrogen) atoms. The van der Waals surface area contributed by atoms with Gasteiger partial charge in [0.25, 0.3) is 5.91 Å². The van der Waals surface area contributed by atoms with E-state index in [1.807, 2.05) is 60.5 Å². The van der Waals surface area contributed by atoms with Crippen LogP contribution in [0.3, 0.4) is 0 Å². The van der Waals surface area contributed by atoms with E-state index in [-0.39, 0.29) is 12.7 Å². The molecule has 4 rings (SSSR count). The minimum Gasteiger partial charge on any atom is -0.454 e. The molecule has 0 atom stereocenters. The maximum Gasteiger partial charge on any atom is 0.254 e. The molecule has 0 fully saturated rings. The average Bonchev–Trinajstić information content (AvgIpc) is 3.23. The first-order valence-corrected chi connectivity index (χ1v) is 10.2. The van der Waals surface area contributed by atoms with Crippen LogP contribution in [0.4, 0.5) is 0 Å². The molecule has 0 aliphatic carbocycles. The zero-order valence-corrected chi connectivity index (χ0v) is 17.0. The smallest absolute Gasteiger partial charge is 0.254 e. The number of hydrogen-bond donors (Lipinski definition) is 0. The van der Waals surface area contributed by atoms with Crippen molar-refractivity contribution in [3.05, 3.63) is 54.1 Å². The van der Waals surface area contributed by atoms with Crippen LogP contribution in [-0.4, -0.2) is 36.2 Å². The molecule has 0 spiro atoms. The molecule has 150 valence electrons. The highest BCUT2D eigenvalue weighted by Crippen LogP contribution is 2.36. The minimum absolute atomic E-state index is 0.0297. The van der Waals surface area contributed by atoms with Gasteiger partial charge in [-0.15, -0.1) is 0 Å². The van der Waals surface area contributed by atoms with Crippen LogP contribution in [-0.2, 0) is 0 Å². The van der Waals surface area contributed by atoms with Gasteiger partial charge in [-0.2, -0.15) is 0 Å². The Morgan fingerprint density at radius 3 is 2.72 bits per heavy atom. The fourth-order valence-electron chi connectivity index (χ4n) is 3.64. The molecule has 0 saturated heterocycles. The number of unbranched alkanes of at least 4 members (excludes halogenated alkanes) is 3. The average molecular weight is 390 g/mol. The number of ether oxygens (including phenoxy) is 2. The largest absolute Gasteiger partial charge is 0.454 e. The van der Waals surface area contributed by atoms with Gasteiger partial charge in [-0.1, -0.05) is 44.4 Å². The molecule has 0 saturated carbocycles. The van der Waals surface area contributed by atoms with Crippen molar-refractivity contribution in [1.29, 1.82) is 0 Å². The summed E-state index contributed by atoms with van der Waals surface area (Å²) in [5, 5.41) is 0.877. The maximum atomic E-state index is 13.2. The molecule has 1 aliphatic heterocycles. The molecule has 5 nitrogen and oxygen atoms in total. The van der Waals surface area contributed by atoms with Crippen molar-refractivity contribution >= 4 is 16.8 Å². The van der Waals surface area contributed by atoms with Gasteiger partial charge >= 0.3 is 0 Å². The molecule has 0 radical (unpaired) electrons. The summed E-state index contributed by atoms with van der Waals surface area (Å²) in [6.45, 7) is 3.18. The van der Waals surface area contributed by atoms with Gasteiger partial charge in [-0.25, -0.2) is 4.98 Å². The summed E-state index contributed by atoms with van der Waals surface area (Å²) in [6.07, 6.45) is 4.56. The van der Waals surface area contributed by atoms with Gasteiger partial charge in [0.05, 0.1) is 16.8 Å². The van der Waals surface area contributed by atoms with Crippen molar-refractivity contribution in [2.45, 2.75) is 32.6 Å². The Morgan fingerprint density at radius 2 is 1.86 bits per heavy atom. The minimum atomic E-state index is 0.0297. The SMILES string of the molecule is CCCCCCN(C)C(=O)c1cc(-c2ccc3c(c2)OCO3)nc2ccccc12. The first kappa shape index (κ1) is 19.2. The van der Waals surface area contributed by atoms with Gasteiger partial charge in [0.2, 0.25) is 6.79 Å². The zero-order chi connectivity index (χ0) is 20.2. The van der Waals surface area contributed by atoms with Crippen LogP contribution < -0.4 is 9.47 Å². The van der Waals surface area contributed by atoms with E-state index in [4.69, 9.17) is 14.5 Å². The first-order chi connectivity index (χ1) is 14.2. The van der Waals surface area contributed by atoms with Crippen LogP contribution in [0.25, 0.3) is 22.2 Å². The van der Waals surface area contributed by atoms with E-state index in [2.05, 4.69) is 6.92 Å². The number of para-hydroxylation sites is 1. The molecule has 2 heterocycles. The predicted octanol–water partition coefficient (Wildman–Crippen LogP) is 5.28. The molecule has 0 N–H and O–H groups in total. The van der Waals surface area contributed by atoms with Crippen LogP contribution in [0.1, 0.15) is 43.0 Å². The third-order valence-corrected chi connectivity index (χ3v) is 5.31. The van der Waals surface area contributed by atoms with E-state index in [1.54, 1.807) is 0 Å². The maximum absolute atomic E-state index is 13.2. The highest BCUT2D eigenvalue weighted by atomic mass is 16.7. The standard InChI is InChI=1S/C24H26N2O3/c1-3-4-5-8-13-26(2)24(27)19-15-21(25-20-10-7-6-9-18(19)20)17-11-12-22-23(14-17)29-16-28-22/h6-7,9-12,14-15H,3-5,8,13,16H2,1-2H3. The molecule has 2 aromatic carbocycles. The van der Waals surface area contributed by atoms with E-state index < -0.39 is 0 Å². The lowest BCUT2D eigenvalue weighted by Crippen LogP contribution is -2.28. The lowest BCUT2D eigenvalue weighted by Gasteiger charge is -2.19. The van der Waals surface area contributed by atoms with Gasteiger partial charge < -0.3 is 14.4 Å². The Kier molecular flexibility index (Phi) is 5.65. The van der Waals surface area contributed by atoms with Crippen molar-refractivity contribution in [1.82, 2.24) is 9.88 Å².